The van der Waals surface area contributed by atoms with Crippen LogP contribution < -0.4 is 4.90 Å². The van der Waals surface area contributed by atoms with E-state index in [1.54, 1.807) is 21.8 Å². The maximum Gasteiger partial charge on any atom is 0.243 e. The molecule has 2 aromatic rings. The molecule has 0 aliphatic carbocycles. The second-order valence-electron chi connectivity index (χ2n) is 6.29. The molecule has 1 aromatic carbocycles. The lowest BCUT2D eigenvalue weighted by molar-refractivity contribution is 0.432. The lowest BCUT2D eigenvalue weighted by atomic mass is 10.1. The second kappa shape index (κ2) is 6.82. The summed E-state index contributed by atoms with van der Waals surface area (Å²) in [5.41, 5.74) is 2.75. The largest absolute Gasteiger partial charge is 0.347 e. The number of nitrogens with zero attached hydrogens (tertiary/aromatic N) is 3. The Balaban J connectivity index is 1.86. The third-order valence-electron chi connectivity index (χ3n) is 4.35. The third kappa shape index (κ3) is 3.34. The first-order valence-electron chi connectivity index (χ1n) is 8.12. The zero-order chi connectivity index (χ0) is 17.3. The highest BCUT2D eigenvalue weighted by Gasteiger charge is 2.30. The van der Waals surface area contributed by atoms with E-state index < -0.39 is 10.0 Å². The summed E-state index contributed by atoms with van der Waals surface area (Å²) >= 11 is 1.60. The summed E-state index contributed by atoms with van der Waals surface area (Å²) in [4.78, 5) is 6.99. The first kappa shape index (κ1) is 17.4. The molecule has 0 amide bonds. The Morgan fingerprint density at radius 2 is 1.75 bits per heavy atom. The Labute approximate surface area is 148 Å². The van der Waals surface area contributed by atoms with Crippen LogP contribution in [0.5, 0.6) is 0 Å². The van der Waals surface area contributed by atoms with Gasteiger partial charge in [-0.25, -0.2) is 13.4 Å². The molecule has 1 aromatic heterocycles. The molecule has 0 atom stereocenters. The topological polar surface area (TPSA) is 53.5 Å². The van der Waals surface area contributed by atoms with E-state index >= 15 is 0 Å². The number of hydrogen-bond donors (Lipinski definition) is 0. The molecule has 130 valence electrons. The van der Waals surface area contributed by atoms with Crippen molar-refractivity contribution in [3.63, 3.8) is 0 Å². The second-order valence-corrected chi connectivity index (χ2v) is 9.04. The fourth-order valence-corrected chi connectivity index (χ4v) is 5.98. The normalized spacial score (nSPS) is 17.0. The van der Waals surface area contributed by atoms with Gasteiger partial charge in [0.2, 0.25) is 10.0 Å². The van der Waals surface area contributed by atoms with Crippen LogP contribution in [0.4, 0.5) is 5.13 Å². The number of aryl methyl sites for hydroxylation is 3. The molecule has 2 heterocycles. The van der Waals surface area contributed by atoms with Gasteiger partial charge in [-0.1, -0.05) is 17.7 Å². The standard InChI is InChI=1S/C17H23N3O2S2/c1-13-11-14(2)16(15(3)12-13)24(21,22)20-7-4-6-19(8-9-20)17-18-5-10-23-17/h5,10-12H,4,6-9H2,1-3H3. The summed E-state index contributed by atoms with van der Waals surface area (Å²) in [5, 5.41) is 2.92. The minimum absolute atomic E-state index is 0.468. The van der Waals surface area contributed by atoms with Crippen LogP contribution in [0.3, 0.4) is 0 Å². The molecular weight excluding hydrogens is 342 g/mol. The molecule has 0 bridgehead atoms. The van der Waals surface area contributed by atoms with Gasteiger partial charge < -0.3 is 4.90 Å². The van der Waals surface area contributed by atoms with Crippen molar-refractivity contribution in [2.24, 2.45) is 0 Å². The van der Waals surface area contributed by atoms with Gasteiger partial charge in [0.15, 0.2) is 5.13 Å². The molecule has 1 saturated heterocycles. The van der Waals surface area contributed by atoms with Crippen molar-refractivity contribution >= 4 is 26.5 Å². The molecule has 0 N–H and O–H groups in total. The molecule has 7 heteroatoms. The van der Waals surface area contributed by atoms with E-state index in [0.717, 1.165) is 34.8 Å². The predicted molar refractivity (Wildman–Crippen MR) is 98.4 cm³/mol. The Morgan fingerprint density at radius 3 is 2.38 bits per heavy atom. The van der Waals surface area contributed by atoms with Gasteiger partial charge in [-0.15, -0.1) is 11.3 Å². The number of aromatic nitrogens is 1. The first-order valence-corrected chi connectivity index (χ1v) is 10.4. The van der Waals surface area contributed by atoms with E-state index in [1.807, 2.05) is 38.3 Å². The summed E-state index contributed by atoms with van der Waals surface area (Å²) < 4.78 is 28.0. The van der Waals surface area contributed by atoms with Gasteiger partial charge in [-0.2, -0.15) is 4.31 Å². The van der Waals surface area contributed by atoms with Gasteiger partial charge in [-0.3, -0.25) is 0 Å². The van der Waals surface area contributed by atoms with Crippen molar-refractivity contribution in [3.8, 4) is 0 Å². The number of thiazole rings is 1. The van der Waals surface area contributed by atoms with Crippen molar-refractivity contribution in [3.05, 3.63) is 40.4 Å². The molecule has 0 saturated carbocycles. The van der Waals surface area contributed by atoms with Crippen molar-refractivity contribution < 1.29 is 8.42 Å². The number of sulfonamides is 1. The van der Waals surface area contributed by atoms with E-state index in [9.17, 15) is 8.42 Å². The molecule has 1 aliphatic heterocycles. The highest BCUT2D eigenvalue weighted by atomic mass is 32.2. The van der Waals surface area contributed by atoms with Crippen molar-refractivity contribution in [1.82, 2.24) is 9.29 Å². The van der Waals surface area contributed by atoms with Crippen LogP contribution >= 0.6 is 11.3 Å². The average Bonchev–Trinajstić information content (AvgIpc) is 2.89. The highest BCUT2D eigenvalue weighted by molar-refractivity contribution is 7.89. The van der Waals surface area contributed by atoms with Crippen LogP contribution in [-0.4, -0.2) is 43.9 Å². The van der Waals surface area contributed by atoms with Crippen LogP contribution in [-0.2, 0) is 10.0 Å². The smallest absolute Gasteiger partial charge is 0.243 e. The fourth-order valence-electron chi connectivity index (χ4n) is 3.40. The van der Waals surface area contributed by atoms with Gasteiger partial charge in [0.25, 0.3) is 0 Å². The van der Waals surface area contributed by atoms with E-state index in [4.69, 9.17) is 0 Å². The monoisotopic (exact) mass is 365 g/mol. The van der Waals surface area contributed by atoms with Crippen LogP contribution in [0, 0.1) is 20.8 Å². The molecule has 5 nitrogen and oxygen atoms in total. The molecular formula is C17H23N3O2S2. The van der Waals surface area contributed by atoms with Gasteiger partial charge in [-0.05, 0) is 38.3 Å². The Bertz CT molecular complexity index is 793. The third-order valence-corrected chi connectivity index (χ3v) is 7.38. The van der Waals surface area contributed by atoms with E-state index in [1.165, 1.54) is 0 Å². The highest BCUT2D eigenvalue weighted by Crippen LogP contribution is 2.27. The maximum absolute atomic E-state index is 13.2. The van der Waals surface area contributed by atoms with E-state index in [2.05, 4.69) is 9.88 Å². The van der Waals surface area contributed by atoms with Gasteiger partial charge in [0.1, 0.15) is 0 Å². The van der Waals surface area contributed by atoms with Gasteiger partial charge in [0.05, 0.1) is 4.90 Å². The van der Waals surface area contributed by atoms with Crippen LogP contribution in [0.1, 0.15) is 23.1 Å². The Kier molecular flexibility index (Phi) is 4.94. The lowest BCUT2D eigenvalue weighted by Crippen LogP contribution is -2.36. The molecule has 1 fully saturated rings. The Morgan fingerprint density at radius 1 is 1.04 bits per heavy atom. The fraction of sp³-hybridized carbons (Fsp3) is 0.471. The lowest BCUT2D eigenvalue weighted by Gasteiger charge is -2.23. The Hall–Kier alpha value is -1.44. The average molecular weight is 366 g/mol. The first-order chi connectivity index (χ1) is 11.4. The quantitative estimate of drug-likeness (QED) is 0.839. The van der Waals surface area contributed by atoms with Gasteiger partial charge in [0, 0.05) is 37.8 Å². The molecule has 0 radical (unpaired) electrons. The van der Waals surface area contributed by atoms with Crippen LogP contribution in [0.25, 0.3) is 0 Å². The number of rotatable bonds is 3. The number of benzene rings is 1. The molecule has 24 heavy (non-hydrogen) atoms. The molecule has 3 rings (SSSR count). The minimum Gasteiger partial charge on any atom is -0.347 e. The predicted octanol–water partition coefficient (Wildman–Crippen LogP) is 2.97. The van der Waals surface area contributed by atoms with Crippen LogP contribution in [0.15, 0.2) is 28.6 Å². The van der Waals surface area contributed by atoms with Crippen molar-refractivity contribution in [1.29, 1.82) is 0 Å². The summed E-state index contributed by atoms with van der Waals surface area (Å²) in [6.07, 6.45) is 2.60. The molecule has 0 unspecified atom stereocenters. The van der Waals surface area contributed by atoms with E-state index in [0.29, 0.717) is 24.5 Å². The summed E-state index contributed by atoms with van der Waals surface area (Å²) in [5.74, 6) is 0. The molecule has 0 spiro atoms. The van der Waals surface area contributed by atoms with Gasteiger partial charge >= 0.3 is 0 Å². The minimum atomic E-state index is -3.47. The molecule has 1 aliphatic rings. The number of hydrogen-bond acceptors (Lipinski definition) is 5. The van der Waals surface area contributed by atoms with E-state index in [-0.39, 0.29) is 0 Å². The summed E-state index contributed by atoms with van der Waals surface area (Å²) in [7, 11) is -3.47. The zero-order valence-corrected chi connectivity index (χ0v) is 16.0. The maximum atomic E-state index is 13.2. The number of anilines is 1. The SMILES string of the molecule is Cc1cc(C)c(S(=O)(=O)N2CCCN(c3nccs3)CC2)c(C)c1. The van der Waals surface area contributed by atoms with Crippen molar-refractivity contribution in [2.45, 2.75) is 32.1 Å². The zero-order valence-electron chi connectivity index (χ0n) is 14.3. The van der Waals surface area contributed by atoms with Crippen LogP contribution in [0.2, 0.25) is 0 Å². The summed E-state index contributed by atoms with van der Waals surface area (Å²) in [6.45, 7) is 8.32. The van der Waals surface area contributed by atoms with Crippen molar-refractivity contribution in [2.75, 3.05) is 31.1 Å². The summed E-state index contributed by atoms with van der Waals surface area (Å²) in [6, 6.07) is 3.89.